The van der Waals surface area contributed by atoms with Crippen molar-refractivity contribution in [3.8, 4) is 5.69 Å². The number of carboxylic acids is 1. The monoisotopic (exact) mass is 295 g/mol. The number of hydrogen-bond donors (Lipinski definition) is 1. The number of carboxylic acid groups (broad SMARTS) is 1. The Hall–Kier alpha value is -2.74. The lowest BCUT2D eigenvalue weighted by Gasteiger charge is -2.06. The van der Waals surface area contributed by atoms with Crippen molar-refractivity contribution in [1.29, 1.82) is 0 Å². The Kier molecular flexibility index (Phi) is 3.49. The maximum atomic E-state index is 11.3. The largest absolute Gasteiger partial charge is 0.476 e. The maximum Gasteiger partial charge on any atom is 0.360 e. The van der Waals surface area contributed by atoms with Gasteiger partial charge >= 0.3 is 5.97 Å². The Bertz CT molecular complexity index is 771. The van der Waals surface area contributed by atoms with E-state index in [-0.39, 0.29) is 10.7 Å². The highest BCUT2D eigenvalue weighted by molar-refractivity contribution is 6.32. The van der Waals surface area contributed by atoms with Gasteiger partial charge in [0.25, 0.3) is 5.69 Å². The molecule has 0 radical (unpaired) electrons. The lowest BCUT2D eigenvalue weighted by molar-refractivity contribution is -0.384. The Morgan fingerprint density at radius 3 is 2.65 bits per heavy atom. The normalized spacial score (nSPS) is 10.2. The van der Waals surface area contributed by atoms with Crippen LogP contribution in [0.2, 0.25) is 5.02 Å². The molecule has 0 atom stereocenters. The summed E-state index contributed by atoms with van der Waals surface area (Å²) in [5.74, 6) is -1.46. The molecule has 1 aromatic heterocycles. The van der Waals surface area contributed by atoms with Crippen LogP contribution in [-0.4, -0.2) is 25.8 Å². The molecule has 0 aliphatic rings. The summed E-state index contributed by atoms with van der Waals surface area (Å²) in [4.78, 5) is 32.1. The number of benzene rings is 1. The van der Waals surface area contributed by atoms with Gasteiger partial charge in [0.1, 0.15) is 5.02 Å². The van der Waals surface area contributed by atoms with E-state index in [4.69, 9.17) is 16.7 Å². The van der Waals surface area contributed by atoms with E-state index >= 15 is 0 Å². The molecule has 0 aliphatic carbocycles. The van der Waals surface area contributed by atoms with Crippen molar-refractivity contribution in [1.82, 2.24) is 9.78 Å². The summed E-state index contributed by atoms with van der Waals surface area (Å²) < 4.78 is 1.10. The van der Waals surface area contributed by atoms with Crippen LogP contribution < -0.4 is 5.43 Å². The lowest BCUT2D eigenvalue weighted by atomic mass is 10.3. The summed E-state index contributed by atoms with van der Waals surface area (Å²) in [6.07, 6.45) is 1.24. The molecule has 9 heteroatoms. The van der Waals surface area contributed by atoms with Crippen LogP contribution in [-0.2, 0) is 0 Å². The van der Waals surface area contributed by atoms with Gasteiger partial charge in [-0.3, -0.25) is 14.9 Å². The summed E-state index contributed by atoms with van der Waals surface area (Å²) in [5.41, 5.74) is -1.37. The number of nitro groups is 1. The Balaban J connectivity index is 2.55. The molecule has 2 aromatic rings. The van der Waals surface area contributed by atoms with Crippen LogP contribution in [0.15, 0.2) is 35.3 Å². The van der Waals surface area contributed by atoms with Gasteiger partial charge in [0, 0.05) is 18.3 Å². The first-order valence-electron chi connectivity index (χ1n) is 5.18. The zero-order chi connectivity index (χ0) is 14.9. The molecule has 1 heterocycles. The van der Waals surface area contributed by atoms with Gasteiger partial charge in [-0.05, 0) is 12.1 Å². The number of carbonyl (C=O) groups is 1. The number of nitrogens with zero attached hydrogens (tertiary/aromatic N) is 3. The topological polar surface area (TPSA) is 115 Å². The van der Waals surface area contributed by atoms with E-state index in [0.717, 1.165) is 16.8 Å². The van der Waals surface area contributed by atoms with Crippen molar-refractivity contribution >= 4 is 23.3 Å². The molecule has 20 heavy (non-hydrogen) atoms. The summed E-state index contributed by atoms with van der Waals surface area (Å²) in [5, 5.41) is 23.0. The maximum absolute atomic E-state index is 11.3. The number of hydrogen-bond acceptors (Lipinski definition) is 5. The molecular weight excluding hydrogens is 290 g/mol. The molecule has 0 amide bonds. The van der Waals surface area contributed by atoms with Crippen molar-refractivity contribution in [3.05, 3.63) is 61.5 Å². The molecule has 0 fully saturated rings. The van der Waals surface area contributed by atoms with Crippen molar-refractivity contribution in [2.45, 2.75) is 0 Å². The summed E-state index contributed by atoms with van der Waals surface area (Å²) in [6.45, 7) is 0. The second kappa shape index (κ2) is 5.10. The molecule has 102 valence electrons. The third kappa shape index (κ3) is 2.50. The van der Waals surface area contributed by atoms with Gasteiger partial charge in [-0.15, -0.1) is 0 Å². The second-order valence-corrected chi connectivity index (χ2v) is 4.08. The average molecular weight is 296 g/mol. The fraction of sp³-hybridized carbons (Fsp3) is 0. The van der Waals surface area contributed by atoms with E-state index in [9.17, 15) is 19.7 Å². The van der Waals surface area contributed by atoms with Crippen molar-refractivity contribution in [3.63, 3.8) is 0 Å². The van der Waals surface area contributed by atoms with Crippen LogP contribution in [0.5, 0.6) is 0 Å². The third-order valence-corrected chi connectivity index (χ3v) is 2.71. The van der Waals surface area contributed by atoms with Gasteiger partial charge in [-0.25, -0.2) is 9.48 Å². The summed E-state index contributed by atoms with van der Waals surface area (Å²) in [6, 6.07) is 4.79. The van der Waals surface area contributed by atoms with Crippen LogP contribution >= 0.6 is 11.6 Å². The molecule has 0 saturated heterocycles. The predicted molar refractivity (Wildman–Crippen MR) is 68.5 cm³/mol. The zero-order valence-corrected chi connectivity index (χ0v) is 10.4. The van der Waals surface area contributed by atoms with Gasteiger partial charge in [0.15, 0.2) is 0 Å². The number of aromatic nitrogens is 2. The van der Waals surface area contributed by atoms with Crippen LogP contribution in [0, 0.1) is 10.1 Å². The second-order valence-electron chi connectivity index (χ2n) is 3.67. The molecule has 1 aromatic carbocycles. The van der Waals surface area contributed by atoms with Gasteiger partial charge in [0.2, 0.25) is 11.1 Å². The Morgan fingerprint density at radius 1 is 1.40 bits per heavy atom. The molecule has 0 bridgehead atoms. The van der Waals surface area contributed by atoms with Crippen molar-refractivity contribution in [2.24, 2.45) is 0 Å². The first-order chi connectivity index (χ1) is 9.40. The smallest absolute Gasteiger partial charge is 0.360 e. The summed E-state index contributed by atoms with van der Waals surface area (Å²) in [7, 11) is 0. The van der Waals surface area contributed by atoms with Crippen LogP contribution in [0.3, 0.4) is 0 Å². The van der Waals surface area contributed by atoms with E-state index in [1.165, 1.54) is 18.3 Å². The molecule has 0 unspecified atom stereocenters. The highest BCUT2D eigenvalue weighted by Gasteiger charge is 2.15. The summed E-state index contributed by atoms with van der Waals surface area (Å²) >= 11 is 5.75. The number of nitro benzene ring substituents is 1. The molecule has 2 rings (SSSR count). The zero-order valence-electron chi connectivity index (χ0n) is 9.69. The fourth-order valence-corrected chi connectivity index (χ4v) is 1.73. The molecule has 8 nitrogen and oxygen atoms in total. The molecule has 0 aliphatic heterocycles. The van der Waals surface area contributed by atoms with Crippen LogP contribution in [0.4, 0.5) is 5.69 Å². The number of aromatic carboxylic acids is 1. The molecule has 1 N–H and O–H groups in total. The minimum atomic E-state index is -1.46. The minimum Gasteiger partial charge on any atom is -0.476 e. The SMILES string of the molecule is O=C(O)c1nn(-c2ccc([N+](=O)[O-])c(Cl)c2)ccc1=O. The minimum absolute atomic E-state index is 0.120. The van der Waals surface area contributed by atoms with Gasteiger partial charge < -0.3 is 5.11 Å². The van der Waals surface area contributed by atoms with Crippen LogP contribution in [0.25, 0.3) is 5.69 Å². The van der Waals surface area contributed by atoms with E-state index in [2.05, 4.69) is 5.10 Å². The van der Waals surface area contributed by atoms with Crippen molar-refractivity contribution in [2.75, 3.05) is 0 Å². The Morgan fingerprint density at radius 2 is 2.10 bits per heavy atom. The number of rotatable bonds is 3. The Labute approximate surface area is 116 Å². The highest BCUT2D eigenvalue weighted by atomic mass is 35.5. The van der Waals surface area contributed by atoms with Crippen molar-refractivity contribution < 1.29 is 14.8 Å². The quantitative estimate of drug-likeness (QED) is 0.677. The third-order valence-electron chi connectivity index (χ3n) is 2.40. The van der Waals surface area contributed by atoms with Gasteiger partial charge in [-0.2, -0.15) is 5.10 Å². The molecular formula is C11H6ClN3O5. The lowest BCUT2D eigenvalue weighted by Crippen LogP contribution is -2.20. The molecule has 0 spiro atoms. The van der Waals surface area contributed by atoms with Crippen LogP contribution in [0.1, 0.15) is 10.5 Å². The highest BCUT2D eigenvalue weighted by Crippen LogP contribution is 2.26. The standard InChI is InChI=1S/C11H6ClN3O5/c12-7-5-6(1-2-8(7)15(19)20)14-4-3-9(16)10(13-14)11(17)18/h1-5H,(H,17,18). The first-order valence-corrected chi connectivity index (χ1v) is 5.55. The first kappa shape index (κ1) is 13.7. The van der Waals surface area contributed by atoms with E-state index < -0.39 is 22.0 Å². The van der Waals surface area contributed by atoms with E-state index in [0.29, 0.717) is 5.69 Å². The number of halogens is 1. The fourth-order valence-electron chi connectivity index (χ4n) is 1.49. The predicted octanol–water partition coefficient (Wildman–Crippen LogP) is 1.49. The van der Waals surface area contributed by atoms with E-state index in [1.807, 2.05) is 0 Å². The molecule has 0 saturated carbocycles. The average Bonchev–Trinajstić information content (AvgIpc) is 2.38. The van der Waals surface area contributed by atoms with E-state index in [1.54, 1.807) is 0 Å². The van der Waals surface area contributed by atoms with Gasteiger partial charge in [0.05, 0.1) is 10.6 Å². The van der Waals surface area contributed by atoms with Gasteiger partial charge in [-0.1, -0.05) is 11.6 Å².